The van der Waals surface area contributed by atoms with Crippen LogP contribution in [-0.2, 0) is 4.79 Å². The molecule has 0 aromatic heterocycles. The van der Waals surface area contributed by atoms with Crippen LogP contribution in [0, 0.1) is 12.7 Å². The molecular formula is C13H15FN2O3. The number of benzene rings is 1. The van der Waals surface area contributed by atoms with Crippen LogP contribution in [0.25, 0.3) is 0 Å². The summed E-state index contributed by atoms with van der Waals surface area (Å²) in [6.07, 6.45) is 0.197. The highest BCUT2D eigenvalue weighted by atomic mass is 19.1. The lowest BCUT2D eigenvalue weighted by atomic mass is 10.0. The molecule has 1 saturated heterocycles. The number of likely N-dealkylation sites (tertiary alicyclic amines) is 1. The minimum absolute atomic E-state index is 0.0584. The SMILES string of the molecule is Cc1ccc(F)cc1C(=O)N1CCC(N)(C(=O)O)C1. The molecule has 3 N–H and O–H groups in total. The van der Waals surface area contributed by atoms with Crippen molar-refractivity contribution in [2.24, 2.45) is 5.73 Å². The molecule has 0 aliphatic carbocycles. The third-order valence-corrected chi connectivity index (χ3v) is 3.44. The van der Waals surface area contributed by atoms with Crippen molar-refractivity contribution < 1.29 is 19.1 Å². The van der Waals surface area contributed by atoms with Crippen LogP contribution in [-0.4, -0.2) is 40.5 Å². The topological polar surface area (TPSA) is 83.6 Å². The number of rotatable bonds is 2. The van der Waals surface area contributed by atoms with Crippen molar-refractivity contribution >= 4 is 11.9 Å². The highest BCUT2D eigenvalue weighted by Crippen LogP contribution is 2.22. The standard InChI is InChI=1S/C13H15FN2O3/c1-8-2-3-9(14)6-10(8)11(17)16-5-4-13(15,7-16)12(18)19/h2-3,6H,4-5,7,15H2,1H3,(H,18,19). The van der Waals surface area contributed by atoms with Gasteiger partial charge < -0.3 is 15.7 Å². The number of amides is 1. The Morgan fingerprint density at radius 3 is 2.74 bits per heavy atom. The second kappa shape index (κ2) is 4.62. The van der Waals surface area contributed by atoms with Gasteiger partial charge in [0.2, 0.25) is 0 Å². The molecule has 1 amide bonds. The van der Waals surface area contributed by atoms with Crippen LogP contribution in [0.15, 0.2) is 18.2 Å². The zero-order valence-corrected chi connectivity index (χ0v) is 10.5. The molecule has 1 heterocycles. The lowest BCUT2D eigenvalue weighted by Crippen LogP contribution is -2.50. The van der Waals surface area contributed by atoms with Crippen LogP contribution in [0.5, 0.6) is 0 Å². The largest absolute Gasteiger partial charge is 0.480 e. The second-order valence-electron chi connectivity index (χ2n) is 4.90. The minimum atomic E-state index is -1.41. The molecule has 1 atom stereocenters. The summed E-state index contributed by atoms with van der Waals surface area (Å²) in [5, 5.41) is 9.02. The van der Waals surface area contributed by atoms with Gasteiger partial charge in [-0.25, -0.2) is 4.39 Å². The molecule has 6 heteroatoms. The molecular weight excluding hydrogens is 251 g/mol. The van der Waals surface area contributed by atoms with Crippen molar-refractivity contribution in [2.75, 3.05) is 13.1 Å². The maximum Gasteiger partial charge on any atom is 0.325 e. The van der Waals surface area contributed by atoms with Crippen LogP contribution in [0.4, 0.5) is 4.39 Å². The summed E-state index contributed by atoms with van der Waals surface area (Å²) >= 11 is 0. The molecule has 1 aliphatic heterocycles. The van der Waals surface area contributed by atoms with Crippen LogP contribution in [0.1, 0.15) is 22.3 Å². The Bertz CT molecular complexity index is 547. The number of aliphatic carboxylic acids is 1. The Kier molecular flexibility index (Phi) is 3.28. The maximum atomic E-state index is 13.2. The first kappa shape index (κ1) is 13.5. The van der Waals surface area contributed by atoms with Gasteiger partial charge in [0.25, 0.3) is 5.91 Å². The minimum Gasteiger partial charge on any atom is -0.480 e. The van der Waals surface area contributed by atoms with Crippen LogP contribution < -0.4 is 5.73 Å². The number of hydrogen-bond donors (Lipinski definition) is 2. The van der Waals surface area contributed by atoms with Gasteiger partial charge in [0.15, 0.2) is 0 Å². The van der Waals surface area contributed by atoms with E-state index in [1.54, 1.807) is 6.92 Å². The Hall–Kier alpha value is -1.95. The third kappa shape index (κ3) is 2.44. The average molecular weight is 266 g/mol. The molecule has 0 saturated carbocycles. The Morgan fingerprint density at radius 2 is 2.16 bits per heavy atom. The first-order valence-electron chi connectivity index (χ1n) is 5.91. The number of hydrogen-bond acceptors (Lipinski definition) is 3. The van der Waals surface area contributed by atoms with E-state index in [4.69, 9.17) is 10.8 Å². The van der Waals surface area contributed by atoms with Crippen molar-refractivity contribution in [3.8, 4) is 0 Å². The van der Waals surface area contributed by atoms with Gasteiger partial charge >= 0.3 is 5.97 Å². The average Bonchev–Trinajstić information content (AvgIpc) is 2.76. The van der Waals surface area contributed by atoms with Gasteiger partial charge in [0.1, 0.15) is 11.4 Å². The zero-order valence-electron chi connectivity index (χ0n) is 10.5. The molecule has 1 fully saturated rings. The number of halogens is 1. The molecule has 0 radical (unpaired) electrons. The van der Waals surface area contributed by atoms with E-state index in [1.165, 1.54) is 17.0 Å². The van der Waals surface area contributed by atoms with Gasteiger partial charge in [0.05, 0.1) is 0 Å². The highest BCUT2D eigenvalue weighted by molar-refractivity contribution is 5.96. The number of nitrogens with two attached hydrogens (primary N) is 1. The molecule has 5 nitrogen and oxygen atoms in total. The van der Waals surface area contributed by atoms with E-state index in [-0.39, 0.29) is 31.0 Å². The zero-order chi connectivity index (χ0) is 14.2. The third-order valence-electron chi connectivity index (χ3n) is 3.44. The normalized spacial score (nSPS) is 22.6. The highest BCUT2D eigenvalue weighted by Gasteiger charge is 2.43. The summed E-state index contributed by atoms with van der Waals surface area (Å²) in [4.78, 5) is 24.6. The number of carbonyl (C=O) groups is 2. The molecule has 1 aromatic rings. The summed E-state index contributed by atoms with van der Waals surface area (Å²) in [5.74, 6) is -2.00. The first-order valence-corrected chi connectivity index (χ1v) is 5.91. The molecule has 1 aliphatic rings. The van der Waals surface area contributed by atoms with Gasteiger partial charge in [0, 0.05) is 18.7 Å². The lowest BCUT2D eigenvalue weighted by Gasteiger charge is -2.20. The quantitative estimate of drug-likeness (QED) is 0.828. The molecule has 102 valence electrons. The van der Waals surface area contributed by atoms with Gasteiger partial charge in [-0.05, 0) is 31.0 Å². The number of carboxylic acid groups (broad SMARTS) is 1. The fraction of sp³-hybridized carbons (Fsp3) is 0.385. The molecule has 2 rings (SSSR count). The van der Waals surface area contributed by atoms with Gasteiger partial charge in [-0.3, -0.25) is 9.59 Å². The van der Waals surface area contributed by atoms with E-state index in [2.05, 4.69) is 0 Å². The van der Waals surface area contributed by atoms with Gasteiger partial charge in [-0.2, -0.15) is 0 Å². The van der Waals surface area contributed by atoms with Crippen LogP contribution >= 0.6 is 0 Å². The first-order chi connectivity index (χ1) is 8.83. The Balaban J connectivity index is 2.22. The summed E-state index contributed by atoms with van der Waals surface area (Å²) in [7, 11) is 0. The van der Waals surface area contributed by atoms with Crippen molar-refractivity contribution in [2.45, 2.75) is 18.9 Å². The fourth-order valence-corrected chi connectivity index (χ4v) is 2.18. The van der Waals surface area contributed by atoms with Gasteiger partial charge in [-0.15, -0.1) is 0 Å². The summed E-state index contributed by atoms with van der Waals surface area (Å²) in [6, 6.07) is 3.96. The van der Waals surface area contributed by atoms with E-state index < -0.39 is 17.3 Å². The monoisotopic (exact) mass is 266 g/mol. The van der Waals surface area contributed by atoms with Crippen molar-refractivity contribution in [1.29, 1.82) is 0 Å². The summed E-state index contributed by atoms with van der Waals surface area (Å²) in [5.41, 5.74) is 5.20. The second-order valence-corrected chi connectivity index (χ2v) is 4.90. The fourth-order valence-electron chi connectivity index (χ4n) is 2.18. The predicted molar refractivity (Wildman–Crippen MR) is 66.2 cm³/mol. The van der Waals surface area contributed by atoms with Crippen molar-refractivity contribution in [1.82, 2.24) is 4.90 Å². The Morgan fingerprint density at radius 1 is 1.47 bits per heavy atom. The van der Waals surface area contributed by atoms with E-state index in [9.17, 15) is 14.0 Å². The van der Waals surface area contributed by atoms with E-state index in [0.29, 0.717) is 5.56 Å². The van der Waals surface area contributed by atoms with Crippen molar-refractivity contribution in [3.05, 3.63) is 35.1 Å². The maximum absolute atomic E-state index is 13.2. The van der Waals surface area contributed by atoms with E-state index >= 15 is 0 Å². The summed E-state index contributed by atoms with van der Waals surface area (Å²) in [6.45, 7) is 1.91. The Labute approximate surface area is 109 Å². The molecule has 1 aromatic carbocycles. The van der Waals surface area contributed by atoms with Gasteiger partial charge in [-0.1, -0.05) is 6.07 Å². The van der Waals surface area contributed by atoms with Crippen LogP contribution in [0.3, 0.4) is 0 Å². The molecule has 0 spiro atoms. The van der Waals surface area contributed by atoms with Crippen molar-refractivity contribution in [3.63, 3.8) is 0 Å². The number of aryl methyl sites for hydroxylation is 1. The smallest absolute Gasteiger partial charge is 0.325 e. The van der Waals surface area contributed by atoms with Crippen LogP contribution in [0.2, 0.25) is 0 Å². The van der Waals surface area contributed by atoms with E-state index in [1.807, 2.05) is 0 Å². The predicted octanol–water partition coefficient (Wildman–Crippen LogP) is 0.762. The molecule has 19 heavy (non-hydrogen) atoms. The van der Waals surface area contributed by atoms with E-state index in [0.717, 1.165) is 6.07 Å². The summed E-state index contributed by atoms with van der Waals surface area (Å²) < 4.78 is 13.2. The lowest BCUT2D eigenvalue weighted by molar-refractivity contribution is -0.142. The molecule has 0 bridgehead atoms. The number of carbonyl (C=O) groups excluding carboxylic acids is 1. The molecule has 1 unspecified atom stereocenters. The number of carboxylic acids is 1. The number of nitrogens with zero attached hydrogens (tertiary/aromatic N) is 1.